The fraction of sp³-hybridized carbons (Fsp3) is 0.0625. The average Bonchev–Trinajstić information content (AvgIpc) is 2.83. The molecule has 0 saturated heterocycles. The first-order valence-electron chi connectivity index (χ1n) is 6.16. The lowest BCUT2D eigenvalue weighted by atomic mass is 10.1. The summed E-state index contributed by atoms with van der Waals surface area (Å²) >= 11 is 7.45. The van der Waals surface area contributed by atoms with Gasteiger partial charge in [-0.05, 0) is 42.5 Å². The van der Waals surface area contributed by atoms with Gasteiger partial charge in [0, 0.05) is 15.6 Å². The van der Waals surface area contributed by atoms with E-state index in [-0.39, 0.29) is 11.6 Å². The average molecular weight is 321 g/mol. The Kier molecular flexibility index (Phi) is 3.66. The molecule has 3 aromatic rings. The number of carbonyl (C=O) groups excluding carboxylic acids is 1. The number of methoxy groups -OCH3 is 1. The van der Waals surface area contributed by atoms with Crippen molar-refractivity contribution in [2.45, 2.75) is 0 Å². The molecular formula is C16H10ClFO2S. The molecule has 5 heteroatoms. The smallest absolute Gasteiger partial charge is 0.204 e. The fourth-order valence-corrected chi connectivity index (χ4v) is 3.56. The van der Waals surface area contributed by atoms with Gasteiger partial charge < -0.3 is 4.74 Å². The van der Waals surface area contributed by atoms with Crippen molar-refractivity contribution in [3.05, 3.63) is 63.7 Å². The SMILES string of the molecule is COc1ccc(C(=O)c2sc3cc(F)ccc3c2Cl)cc1. The first-order chi connectivity index (χ1) is 10.1. The maximum atomic E-state index is 13.2. The minimum absolute atomic E-state index is 0.177. The number of fused-ring (bicyclic) bond motifs is 1. The second kappa shape index (κ2) is 5.47. The monoisotopic (exact) mass is 320 g/mol. The summed E-state index contributed by atoms with van der Waals surface area (Å²) in [4.78, 5) is 12.9. The Hall–Kier alpha value is -1.91. The third kappa shape index (κ3) is 2.52. The highest BCUT2D eigenvalue weighted by Gasteiger charge is 2.19. The zero-order valence-electron chi connectivity index (χ0n) is 11.0. The first kappa shape index (κ1) is 14.0. The molecule has 2 aromatic carbocycles. The predicted molar refractivity (Wildman–Crippen MR) is 83.2 cm³/mol. The van der Waals surface area contributed by atoms with Crippen molar-refractivity contribution in [2.24, 2.45) is 0 Å². The Morgan fingerprint density at radius 3 is 2.57 bits per heavy atom. The molecule has 0 radical (unpaired) electrons. The van der Waals surface area contributed by atoms with E-state index in [1.807, 2.05) is 0 Å². The molecule has 106 valence electrons. The van der Waals surface area contributed by atoms with Crippen molar-refractivity contribution in [1.82, 2.24) is 0 Å². The molecule has 0 aliphatic rings. The van der Waals surface area contributed by atoms with E-state index in [1.165, 1.54) is 23.5 Å². The topological polar surface area (TPSA) is 26.3 Å². The standard InChI is InChI=1S/C16H10ClFO2S/c1-20-11-5-2-9(3-6-11)15(19)16-14(17)12-7-4-10(18)8-13(12)21-16/h2-8H,1H3. The van der Waals surface area contributed by atoms with Crippen LogP contribution in [0.5, 0.6) is 5.75 Å². The third-order valence-electron chi connectivity index (χ3n) is 3.15. The van der Waals surface area contributed by atoms with Gasteiger partial charge in [-0.25, -0.2) is 4.39 Å². The van der Waals surface area contributed by atoms with Gasteiger partial charge in [-0.3, -0.25) is 4.79 Å². The van der Waals surface area contributed by atoms with Crippen molar-refractivity contribution < 1.29 is 13.9 Å². The van der Waals surface area contributed by atoms with Gasteiger partial charge in [-0.15, -0.1) is 11.3 Å². The van der Waals surface area contributed by atoms with E-state index < -0.39 is 0 Å². The summed E-state index contributed by atoms with van der Waals surface area (Å²) in [5.41, 5.74) is 0.518. The van der Waals surface area contributed by atoms with E-state index in [9.17, 15) is 9.18 Å². The molecule has 1 aromatic heterocycles. The van der Waals surface area contributed by atoms with Crippen molar-refractivity contribution in [3.8, 4) is 5.75 Å². The normalized spacial score (nSPS) is 10.8. The van der Waals surface area contributed by atoms with Crippen LogP contribution in [0.4, 0.5) is 4.39 Å². The Morgan fingerprint density at radius 2 is 1.90 bits per heavy atom. The van der Waals surface area contributed by atoms with Gasteiger partial charge in [0.05, 0.1) is 17.0 Å². The lowest BCUT2D eigenvalue weighted by Gasteiger charge is -2.02. The van der Waals surface area contributed by atoms with E-state index in [1.54, 1.807) is 37.4 Å². The maximum absolute atomic E-state index is 13.2. The number of rotatable bonds is 3. The second-order valence-electron chi connectivity index (χ2n) is 4.44. The van der Waals surface area contributed by atoms with Gasteiger partial charge in [-0.1, -0.05) is 11.6 Å². The summed E-state index contributed by atoms with van der Waals surface area (Å²) in [6.45, 7) is 0. The summed E-state index contributed by atoms with van der Waals surface area (Å²) in [5.74, 6) is 0.157. The van der Waals surface area contributed by atoms with Crippen LogP contribution in [0.2, 0.25) is 5.02 Å². The van der Waals surface area contributed by atoms with E-state index in [2.05, 4.69) is 0 Å². The van der Waals surface area contributed by atoms with Crippen LogP contribution in [0.15, 0.2) is 42.5 Å². The second-order valence-corrected chi connectivity index (χ2v) is 5.87. The number of thiophene rings is 1. The molecule has 3 rings (SSSR count). The highest BCUT2D eigenvalue weighted by atomic mass is 35.5. The van der Waals surface area contributed by atoms with Gasteiger partial charge in [0.1, 0.15) is 11.6 Å². The van der Waals surface area contributed by atoms with Gasteiger partial charge >= 0.3 is 0 Å². The van der Waals surface area contributed by atoms with Crippen LogP contribution in [0.1, 0.15) is 15.2 Å². The van der Waals surface area contributed by atoms with Crippen molar-refractivity contribution in [3.63, 3.8) is 0 Å². The van der Waals surface area contributed by atoms with Crippen LogP contribution >= 0.6 is 22.9 Å². The largest absolute Gasteiger partial charge is 0.497 e. The van der Waals surface area contributed by atoms with Crippen LogP contribution < -0.4 is 4.74 Å². The predicted octanol–water partition coefficient (Wildman–Crippen LogP) is 4.93. The van der Waals surface area contributed by atoms with Gasteiger partial charge in [0.2, 0.25) is 5.78 Å². The molecule has 0 fully saturated rings. The minimum atomic E-state index is -0.344. The number of carbonyl (C=O) groups is 1. The zero-order valence-corrected chi connectivity index (χ0v) is 12.6. The maximum Gasteiger partial charge on any atom is 0.204 e. The van der Waals surface area contributed by atoms with Crippen LogP contribution in [-0.4, -0.2) is 12.9 Å². The Bertz CT molecular complexity index is 824. The molecule has 0 atom stereocenters. The highest BCUT2D eigenvalue weighted by molar-refractivity contribution is 7.21. The summed E-state index contributed by atoms with van der Waals surface area (Å²) in [5, 5.41) is 1.07. The lowest BCUT2D eigenvalue weighted by Crippen LogP contribution is -1.99. The molecule has 0 bridgehead atoms. The molecule has 0 unspecified atom stereocenters. The Morgan fingerprint density at radius 1 is 1.19 bits per heavy atom. The first-order valence-corrected chi connectivity index (χ1v) is 7.36. The van der Waals surface area contributed by atoms with Crippen LogP contribution in [0.3, 0.4) is 0 Å². The highest BCUT2D eigenvalue weighted by Crippen LogP contribution is 2.37. The number of halogens is 2. The van der Waals surface area contributed by atoms with Crippen molar-refractivity contribution in [1.29, 1.82) is 0 Å². The lowest BCUT2D eigenvalue weighted by molar-refractivity contribution is 0.104. The number of hydrogen-bond acceptors (Lipinski definition) is 3. The molecule has 21 heavy (non-hydrogen) atoms. The van der Waals surface area contributed by atoms with E-state index in [0.29, 0.717) is 31.3 Å². The van der Waals surface area contributed by atoms with E-state index in [4.69, 9.17) is 16.3 Å². The van der Waals surface area contributed by atoms with E-state index >= 15 is 0 Å². The number of ketones is 1. The Labute approximate surface area is 129 Å². The molecular weight excluding hydrogens is 311 g/mol. The molecule has 0 amide bonds. The molecule has 0 aliphatic carbocycles. The van der Waals surface area contributed by atoms with Crippen LogP contribution in [-0.2, 0) is 0 Å². The summed E-state index contributed by atoms with van der Waals surface area (Å²) in [6.07, 6.45) is 0. The zero-order chi connectivity index (χ0) is 15.0. The molecule has 0 aliphatic heterocycles. The number of benzene rings is 2. The summed E-state index contributed by atoms with van der Waals surface area (Å²) in [6, 6.07) is 11.1. The molecule has 1 heterocycles. The molecule has 0 N–H and O–H groups in total. The third-order valence-corrected chi connectivity index (χ3v) is 4.81. The van der Waals surface area contributed by atoms with Crippen LogP contribution in [0, 0.1) is 5.82 Å². The fourth-order valence-electron chi connectivity index (χ4n) is 2.06. The Balaban J connectivity index is 2.06. The van der Waals surface area contributed by atoms with E-state index in [0.717, 1.165) is 0 Å². The molecule has 2 nitrogen and oxygen atoms in total. The van der Waals surface area contributed by atoms with Crippen molar-refractivity contribution >= 4 is 38.8 Å². The summed E-state index contributed by atoms with van der Waals surface area (Å²) in [7, 11) is 1.56. The van der Waals surface area contributed by atoms with Gasteiger partial charge in [0.25, 0.3) is 0 Å². The molecule has 0 spiro atoms. The van der Waals surface area contributed by atoms with Crippen LogP contribution in [0.25, 0.3) is 10.1 Å². The van der Waals surface area contributed by atoms with Crippen molar-refractivity contribution in [2.75, 3.05) is 7.11 Å². The van der Waals surface area contributed by atoms with Gasteiger partial charge in [-0.2, -0.15) is 0 Å². The quantitative estimate of drug-likeness (QED) is 0.639. The van der Waals surface area contributed by atoms with Gasteiger partial charge in [0.15, 0.2) is 0 Å². The molecule has 0 saturated carbocycles. The number of ether oxygens (including phenoxy) is 1. The summed E-state index contributed by atoms with van der Waals surface area (Å²) < 4.78 is 19.0. The minimum Gasteiger partial charge on any atom is -0.497 e. The number of hydrogen-bond donors (Lipinski definition) is 0.